The van der Waals surface area contributed by atoms with Crippen LogP contribution in [0.5, 0.6) is 11.5 Å². The summed E-state index contributed by atoms with van der Waals surface area (Å²) in [6.07, 6.45) is 6.53. The highest BCUT2D eigenvalue weighted by molar-refractivity contribution is 5.95. The van der Waals surface area contributed by atoms with Gasteiger partial charge < -0.3 is 19.9 Å². The molecule has 0 atom stereocenters. The van der Waals surface area contributed by atoms with Gasteiger partial charge in [-0.3, -0.25) is 4.79 Å². The smallest absolute Gasteiger partial charge is 0.329 e. The van der Waals surface area contributed by atoms with Crippen molar-refractivity contribution in [3.05, 3.63) is 65.2 Å². The van der Waals surface area contributed by atoms with E-state index in [-0.39, 0.29) is 0 Å². The first kappa shape index (κ1) is 22.4. The number of benzene rings is 2. The Kier molecular flexibility index (Phi) is 7.34. The predicted molar refractivity (Wildman–Crippen MR) is 119 cm³/mol. The minimum Gasteiger partial charge on any atom is -0.493 e. The second kappa shape index (κ2) is 10.2. The number of nitrogens with one attached hydrogen (secondary N) is 1. The van der Waals surface area contributed by atoms with Gasteiger partial charge in [0.25, 0.3) is 0 Å². The summed E-state index contributed by atoms with van der Waals surface area (Å²) in [4.78, 5) is 24.1. The number of rotatable bonds is 8. The highest BCUT2D eigenvalue weighted by atomic mass is 16.5. The van der Waals surface area contributed by atoms with E-state index >= 15 is 0 Å². The van der Waals surface area contributed by atoms with Gasteiger partial charge in [-0.2, -0.15) is 0 Å². The summed E-state index contributed by atoms with van der Waals surface area (Å²) in [7, 11) is 1.57. The second-order valence-electron chi connectivity index (χ2n) is 7.90. The lowest BCUT2D eigenvalue weighted by Crippen LogP contribution is -2.55. The van der Waals surface area contributed by atoms with Gasteiger partial charge in [0.2, 0.25) is 5.91 Å². The number of hydrogen-bond donors (Lipinski definition) is 2. The van der Waals surface area contributed by atoms with E-state index in [0.717, 1.165) is 36.0 Å². The number of carbonyl (C=O) groups excluding carboxylic acids is 1. The largest absolute Gasteiger partial charge is 0.493 e. The molecule has 0 aliphatic heterocycles. The zero-order chi connectivity index (χ0) is 22.3. The lowest BCUT2D eigenvalue weighted by molar-refractivity contribution is -0.148. The monoisotopic (exact) mass is 423 g/mol. The van der Waals surface area contributed by atoms with E-state index in [1.807, 2.05) is 37.3 Å². The molecule has 0 unspecified atom stereocenters. The molecule has 0 radical (unpaired) electrons. The highest BCUT2D eigenvalue weighted by Crippen LogP contribution is 2.30. The molecule has 1 amide bonds. The third-order valence-electron chi connectivity index (χ3n) is 5.74. The summed E-state index contributed by atoms with van der Waals surface area (Å²) < 4.78 is 11.4. The average molecular weight is 424 g/mol. The normalized spacial score (nSPS) is 15.4. The number of aryl methyl sites for hydroxylation is 1. The topological polar surface area (TPSA) is 84.9 Å². The Hall–Kier alpha value is -3.28. The number of carbonyl (C=O) groups is 2. The Balaban J connectivity index is 1.66. The first-order chi connectivity index (χ1) is 14.9. The third kappa shape index (κ3) is 5.66. The molecule has 6 nitrogen and oxygen atoms in total. The molecule has 3 rings (SSSR count). The van der Waals surface area contributed by atoms with Crippen molar-refractivity contribution >= 4 is 18.0 Å². The van der Waals surface area contributed by atoms with Gasteiger partial charge in [0.15, 0.2) is 11.5 Å². The van der Waals surface area contributed by atoms with Crippen molar-refractivity contribution in [3.8, 4) is 11.5 Å². The van der Waals surface area contributed by atoms with Gasteiger partial charge in [0.1, 0.15) is 12.1 Å². The fraction of sp³-hybridized carbons (Fsp3) is 0.360. The third-order valence-corrected chi connectivity index (χ3v) is 5.74. The van der Waals surface area contributed by atoms with Crippen LogP contribution >= 0.6 is 0 Å². The number of carboxylic acid groups (broad SMARTS) is 1. The molecular weight excluding hydrogens is 394 g/mol. The molecule has 2 aromatic rings. The van der Waals surface area contributed by atoms with Crippen LogP contribution in [0.3, 0.4) is 0 Å². The quantitative estimate of drug-likeness (QED) is 0.611. The Bertz CT molecular complexity index is 960. The highest BCUT2D eigenvalue weighted by Gasteiger charge is 2.40. The minimum atomic E-state index is -1.16. The molecular formula is C25H29NO5. The van der Waals surface area contributed by atoms with E-state index < -0.39 is 17.4 Å². The zero-order valence-electron chi connectivity index (χ0n) is 18.0. The van der Waals surface area contributed by atoms with Crippen LogP contribution in [0.4, 0.5) is 0 Å². The molecule has 164 valence electrons. The summed E-state index contributed by atoms with van der Waals surface area (Å²) in [5, 5.41) is 12.3. The molecule has 1 fully saturated rings. The van der Waals surface area contributed by atoms with Crippen molar-refractivity contribution < 1.29 is 24.2 Å². The zero-order valence-corrected chi connectivity index (χ0v) is 18.0. The molecule has 2 aromatic carbocycles. The van der Waals surface area contributed by atoms with Crippen molar-refractivity contribution in [2.45, 2.75) is 51.2 Å². The molecule has 1 aliphatic rings. The van der Waals surface area contributed by atoms with Crippen molar-refractivity contribution in [3.63, 3.8) is 0 Å². The molecule has 0 aromatic heterocycles. The lowest BCUT2D eigenvalue weighted by Gasteiger charge is -2.33. The summed E-state index contributed by atoms with van der Waals surface area (Å²) in [5.41, 5.74) is 1.85. The van der Waals surface area contributed by atoms with E-state index in [4.69, 9.17) is 9.47 Å². The lowest BCUT2D eigenvalue weighted by atomic mass is 9.81. The number of hydrogen-bond acceptors (Lipinski definition) is 4. The van der Waals surface area contributed by atoms with Gasteiger partial charge in [-0.05, 0) is 54.7 Å². The number of carboxylic acids is 1. The molecule has 1 saturated carbocycles. The van der Waals surface area contributed by atoms with E-state index in [0.29, 0.717) is 30.9 Å². The number of methoxy groups -OCH3 is 1. The molecule has 0 bridgehead atoms. The average Bonchev–Trinajstić information content (AvgIpc) is 2.78. The van der Waals surface area contributed by atoms with Crippen molar-refractivity contribution in [2.24, 2.45) is 0 Å². The van der Waals surface area contributed by atoms with Gasteiger partial charge in [0, 0.05) is 6.08 Å². The minimum absolute atomic E-state index is 0.414. The Morgan fingerprint density at radius 3 is 2.52 bits per heavy atom. The van der Waals surface area contributed by atoms with Crippen LogP contribution in [0.25, 0.3) is 6.08 Å². The van der Waals surface area contributed by atoms with Gasteiger partial charge in [-0.25, -0.2) is 4.79 Å². The summed E-state index contributed by atoms with van der Waals surface area (Å²) in [5.74, 6) is -0.210. The van der Waals surface area contributed by atoms with Crippen molar-refractivity contribution in [1.82, 2.24) is 5.32 Å². The standard InChI is InChI=1S/C25H29NO5/c1-18-8-4-5-9-20(18)17-31-21-12-10-19(16-22(21)30-2)11-13-23(27)26-25(24(28)29)14-6-3-7-15-25/h4-5,8-13,16H,3,6-7,14-15,17H2,1-2H3,(H,26,27)(H,28,29). The maximum absolute atomic E-state index is 12.4. The van der Waals surface area contributed by atoms with Gasteiger partial charge in [-0.15, -0.1) is 0 Å². The van der Waals surface area contributed by atoms with Crippen LogP contribution in [0.2, 0.25) is 0 Å². The Morgan fingerprint density at radius 1 is 1.10 bits per heavy atom. The first-order valence-electron chi connectivity index (χ1n) is 10.5. The van der Waals surface area contributed by atoms with E-state index in [2.05, 4.69) is 5.32 Å². The van der Waals surface area contributed by atoms with Crippen LogP contribution in [0, 0.1) is 6.92 Å². The fourth-order valence-electron chi connectivity index (χ4n) is 3.83. The Morgan fingerprint density at radius 2 is 1.84 bits per heavy atom. The maximum Gasteiger partial charge on any atom is 0.329 e. The van der Waals surface area contributed by atoms with Gasteiger partial charge >= 0.3 is 5.97 Å². The van der Waals surface area contributed by atoms with Crippen LogP contribution in [-0.2, 0) is 16.2 Å². The molecule has 0 saturated heterocycles. The van der Waals surface area contributed by atoms with E-state index in [9.17, 15) is 14.7 Å². The van der Waals surface area contributed by atoms with Crippen LogP contribution < -0.4 is 14.8 Å². The SMILES string of the molecule is COc1cc(C=CC(=O)NC2(C(=O)O)CCCCC2)ccc1OCc1ccccc1C. The van der Waals surface area contributed by atoms with Crippen LogP contribution in [0.1, 0.15) is 48.8 Å². The summed E-state index contributed by atoms with van der Waals surface area (Å²) >= 11 is 0. The fourth-order valence-corrected chi connectivity index (χ4v) is 3.83. The number of ether oxygens (including phenoxy) is 2. The summed E-state index contributed by atoms with van der Waals surface area (Å²) in [6.45, 7) is 2.47. The number of aliphatic carboxylic acids is 1. The molecule has 6 heteroatoms. The molecule has 31 heavy (non-hydrogen) atoms. The van der Waals surface area contributed by atoms with Crippen molar-refractivity contribution in [1.29, 1.82) is 0 Å². The van der Waals surface area contributed by atoms with E-state index in [1.54, 1.807) is 25.3 Å². The molecule has 1 aliphatic carbocycles. The molecule has 2 N–H and O–H groups in total. The number of amides is 1. The molecule has 0 spiro atoms. The van der Waals surface area contributed by atoms with E-state index in [1.165, 1.54) is 6.08 Å². The summed E-state index contributed by atoms with van der Waals surface area (Å²) in [6, 6.07) is 13.4. The van der Waals surface area contributed by atoms with Crippen LogP contribution in [-0.4, -0.2) is 29.6 Å². The maximum atomic E-state index is 12.4. The van der Waals surface area contributed by atoms with Gasteiger partial charge in [0.05, 0.1) is 7.11 Å². The first-order valence-corrected chi connectivity index (χ1v) is 10.5. The Labute approximate surface area is 182 Å². The van der Waals surface area contributed by atoms with Crippen LogP contribution in [0.15, 0.2) is 48.5 Å². The van der Waals surface area contributed by atoms with Crippen molar-refractivity contribution in [2.75, 3.05) is 7.11 Å². The van der Waals surface area contributed by atoms with Gasteiger partial charge in [-0.1, -0.05) is 49.6 Å². The predicted octanol–water partition coefficient (Wildman–Crippen LogP) is 4.50. The molecule has 0 heterocycles. The second-order valence-corrected chi connectivity index (χ2v) is 7.90.